The molecule has 11 heteroatoms. The third-order valence-corrected chi connectivity index (χ3v) is 17.8. The molecule has 13 rings (SSSR count). The first-order valence-corrected chi connectivity index (χ1v) is 25.7. The summed E-state index contributed by atoms with van der Waals surface area (Å²) in [5.74, 6) is 2.67. The fourth-order valence-electron chi connectivity index (χ4n) is 11.6. The van der Waals surface area contributed by atoms with Gasteiger partial charge in [-0.25, -0.2) is 4.39 Å². The SMILES string of the molecule is Cc1cc2c3c(c1)N(c1c(C)cccc1F)c1cc4c(cc1B3c1sc3ccc(C(C)(C)C)cc3c1N2)B1c2cc(Bc3sc5ccc(C(C)(C)C)cc5c3C)c(C)cc2Oc2cc(N)cc(c21)O4. The van der Waals surface area contributed by atoms with Gasteiger partial charge >= 0.3 is 0 Å². The fraction of sp³-hybridized carbons (Fsp3) is 0.207. The van der Waals surface area contributed by atoms with E-state index in [0.717, 1.165) is 80.0 Å². The molecule has 7 aromatic carbocycles. The Bertz CT molecular complexity index is 3750. The number of ether oxygens (including phenoxy) is 2. The number of rotatable bonds is 3. The maximum absolute atomic E-state index is 16.7. The zero-order chi connectivity index (χ0) is 47.7. The predicted molar refractivity (Wildman–Crippen MR) is 298 cm³/mol. The lowest BCUT2D eigenvalue weighted by molar-refractivity contribution is 0.465. The van der Waals surface area contributed by atoms with E-state index in [2.05, 4.69) is 145 Å². The van der Waals surface area contributed by atoms with Crippen LogP contribution in [-0.4, -0.2) is 20.7 Å². The minimum Gasteiger partial charge on any atom is -0.458 e. The molecule has 0 radical (unpaired) electrons. The second-order valence-electron chi connectivity index (χ2n) is 22.0. The van der Waals surface area contributed by atoms with Gasteiger partial charge in [0.2, 0.25) is 7.28 Å². The highest BCUT2D eigenvalue weighted by Crippen LogP contribution is 2.47. The van der Waals surface area contributed by atoms with Crippen molar-refractivity contribution in [3.05, 3.63) is 142 Å². The number of hydrogen-bond donors (Lipinski definition) is 2. The predicted octanol–water partition coefficient (Wildman–Crippen LogP) is 10.1. The number of halogens is 1. The van der Waals surface area contributed by atoms with Crippen LogP contribution in [0, 0.1) is 33.5 Å². The van der Waals surface area contributed by atoms with Crippen LogP contribution in [0.2, 0.25) is 0 Å². The Kier molecular flexibility index (Phi) is 9.01. The van der Waals surface area contributed by atoms with Crippen molar-refractivity contribution in [1.82, 2.24) is 0 Å². The van der Waals surface area contributed by atoms with Crippen LogP contribution in [0.25, 0.3) is 20.2 Å². The van der Waals surface area contributed by atoms with Crippen LogP contribution in [0.1, 0.15) is 74.9 Å². The number of fused-ring (bicyclic) bond motifs is 11. The highest BCUT2D eigenvalue weighted by Gasteiger charge is 2.47. The number of hydrogen-bond acceptors (Lipinski definition) is 7. The first-order valence-electron chi connectivity index (χ1n) is 24.1. The summed E-state index contributed by atoms with van der Waals surface area (Å²) in [4.78, 5) is 2.15. The van der Waals surface area contributed by atoms with E-state index in [4.69, 9.17) is 15.2 Å². The average Bonchev–Trinajstić information content (AvgIpc) is 3.81. The Morgan fingerprint density at radius 1 is 0.638 bits per heavy atom. The van der Waals surface area contributed by atoms with Crippen LogP contribution in [0.5, 0.6) is 23.0 Å². The largest absolute Gasteiger partial charge is 0.458 e. The number of nitrogens with zero attached hydrogens (tertiary/aromatic N) is 1. The molecule has 5 nitrogen and oxygen atoms in total. The van der Waals surface area contributed by atoms with Gasteiger partial charge in [0.1, 0.15) is 28.8 Å². The van der Waals surface area contributed by atoms with E-state index in [1.165, 1.54) is 57.4 Å². The molecule has 0 saturated heterocycles. The van der Waals surface area contributed by atoms with E-state index >= 15 is 4.39 Å². The molecule has 3 N–H and O–H groups in total. The number of anilines is 6. The molecule has 4 aliphatic rings. The number of benzene rings is 7. The summed E-state index contributed by atoms with van der Waals surface area (Å²) in [6.45, 7) is 21.9. The van der Waals surface area contributed by atoms with Gasteiger partial charge in [0, 0.05) is 66.0 Å². The van der Waals surface area contributed by atoms with Crippen molar-refractivity contribution in [3.8, 4) is 23.0 Å². The zero-order valence-electron chi connectivity index (χ0n) is 40.7. The highest BCUT2D eigenvalue weighted by molar-refractivity contribution is 7.33. The van der Waals surface area contributed by atoms with Gasteiger partial charge in [-0.3, -0.25) is 0 Å². The van der Waals surface area contributed by atoms with Crippen molar-refractivity contribution in [3.63, 3.8) is 0 Å². The summed E-state index contributed by atoms with van der Waals surface area (Å²) in [6.07, 6.45) is 0. The molecule has 0 aliphatic carbocycles. The van der Waals surface area contributed by atoms with E-state index in [9.17, 15) is 0 Å². The van der Waals surface area contributed by atoms with Gasteiger partial charge in [-0.15, -0.1) is 22.7 Å². The number of nitrogens with one attached hydrogen (secondary N) is 1. The Morgan fingerprint density at radius 2 is 1.30 bits per heavy atom. The number of nitrogens with two attached hydrogens (primary N) is 1. The van der Waals surface area contributed by atoms with Crippen LogP contribution in [-0.2, 0) is 10.8 Å². The van der Waals surface area contributed by atoms with Crippen LogP contribution in [0.3, 0.4) is 0 Å². The van der Waals surface area contributed by atoms with Crippen molar-refractivity contribution < 1.29 is 13.9 Å². The Balaban J connectivity index is 1.05. The average molecular weight is 938 g/mol. The summed E-state index contributed by atoms with van der Waals surface area (Å²) < 4.78 is 35.8. The molecule has 69 heavy (non-hydrogen) atoms. The quantitative estimate of drug-likeness (QED) is 0.137. The van der Waals surface area contributed by atoms with E-state index in [-0.39, 0.29) is 30.1 Å². The summed E-state index contributed by atoms with van der Waals surface area (Å²) >= 11 is 3.76. The maximum Gasteiger partial charge on any atom is 0.264 e. The van der Waals surface area contributed by atoms with Crippen molar-refractivity contribution in [2.24, 2.45) is 0 Å². The number of thiophene rings is 2. The molecule has 0 amide bonds. The number of para-hydroxylation sites is 1. The summed E-state index contributed by atoms with van der Waals surface area (Å²) in [6, 6.07) is 36.8. The van der Waals surface area contributed by atoms with E-state index in [1.807, 2.05) is 47.8 Å². The molecule has 0 atom stereocenters. The number of nitrogen functional groups attached to an aromatic ring is 1. The monoisotopic (exact) mass is 937 g/mol. The Morgan fingerprint density at radius 3 is 2.00 bits per heavy atom. The van der Waals surface area contributed by atoms with Crippen LogP contribution in [0.4, 0.5) is 38.5 Å². The molecule has 2 aromatic heterocycles. The normalized spacial score (nSPS) is 14.0. The van der Waals surface area contributed by atoms with Gasteiger partial charge in [-0.2, -0.15) is 0 Å². The van der Waals surface area contributed by atoms with Gasteiger partial charge in [-0.05, 0) is 147 Å². The minimum atomic E-state index is -0.276. The summed E-state index contributed by atoms with van der Waals surface area (Å²) in [5.41, 5.74) is 25.6. The standard InChI is InChI=1S/C58H51B3FN3O2S2/c1-28-18-42-51-44(19-28)65(54-29(2)12-11-13-41(54)62)43-27-46-40(26-38(43)61(51)56-53(64-42)36-22-33(58(8,9)10)15-17-50(36)69-56)60-39-25-37(30(3)20-45(39)66-47-23-34(63)24-48(67-46)52(47)60)59-55-31(4)35-21-32(57(5,6)7)14-16-49(35)68-55/h11-27,59,64H,63H2,1-10H3. The third kappa shape index (κ3) is 6.35. The minimum absolute atomic E-state index is 0.0148. The molecule has 0 fully saturated rings. The lowest BCUT2D eigenvalue weighted by Gasteiger charge is -2.42. The highest BCUT2D eigenvalue weighted by atomic mass is 32.1. The molecule has 6 heterocycles. The molecule has 9 aromatic rings. The smallest absolute Gasteiger partial charge is 0.264 e. The molecule has 0 bridgehead atoms. The molecule has 0 unspecified atom stereocenters. The van der Waals surface area contributed by atoms with Gasteiger partial charge in [0.25, 0.3) is 13.4 Å². The number of aryl methyl sites for hydroxylation is 4. The molecular weight excluding hydrogens is 886 g/mol. The van der Waals surface area contributed by atoms with Gasteiger partial charge < -0.3 is 25.4 Å². The second kappa shape index (κ2) is 14.6. The Labute approximate surface area is 412 Å². The van der Waals surface area contributed by atoms with Crippen molar-refractivity contribution in [2.75, 3.05) is 16.0 Å². The fourth-order valence-corrected chi connectivity index (χ4v) is 14.1. The van der Waals surface area contributed by atoms with E-state index in [1.54, 1.807) is 12.1 Å². The lowest BCUT2D eigenvalue weighted by Crippen LogP contribution is -2.63. The molecule has 0 spiro atoms. The van der Waals surface area contributed by atoms with Gasteiger partial charge in [-0.1, -0.05) is 89.0 Å². The topological polar surface area (TPSA) is 59.8 Å². The van der Waals surface area contributed by atoms with Crippen molar-refractivity contribution >= 4 is 140 Å². The molecule has 0 saturated carbocycles. The second-order valence-corrected chi connectivity index (χ2v) is 24.2. The van der Waals surface area contributed by atoms with Crippen molar-refractivity contribution in [2.45, 2.75) is 80.1 Å². The summed E-state index contributed by atoms with van der Waals surface area (Å²) in [5, 5.41) is 6.55. The van der Waals surface area contributed by atoms with E-state index < -0.39 is 0 Å². The molecule has 338 valence electrons. The first-order chi connectivity index (χ1) is 32.9. The van der Waals surface area contributed by atoms with Crippen LogP contribution < -0.4 is 67.8 Å². The van der Waals surface area contributed by atoms with Gasteiger partial charge in [0.05, 0.1) is 11.4 Å². The van der Waals surface area contributed by atoms with Crippen LogP contribution >= 0.6 is 22.7 Å². The van der Waals surface area contributed by atoms with Crippen molar-refractivity contribution in [1.29, 1.82) is 0 Å². The van der Waals surface area contributed by atoms with E-state index in [0.29, 0.717) is 22.9 Å². The Hall–Kier alpha value is -6.42. The first kappa shape index (κ1) is 42.7. The zero-order valence-corrected chi connectivity index (χ0v) is 42.3. The molecule has 4 aliphatic heterocycles. The van der Waals surface area contributed by atoms with Crippen LogP contribution in [0.15, 0.2) is 103 Å². The molecular formula is C58H51B3FN3O2S2. The van der Waals surface area contributed by atoms with Gasteiger partial charge in [0.15, 0.2) is 0 Å². The summed E-state index contributed by atoms with van der Waals surface area (Å²) in [7, 11) is 0.813. The maximum atomic E-state index is 16.7. The third-order valence-electron chi connectivity index (χ3n) is 15.3. The lowest BCUT2D eigenvalue weighted by atomic mass is 9.32.